The molecule has 7 heteroatoms. The van der Waals surface area contributed by atoms with Gasteiger partial charge in [-0.05, 0) is 26.2 Å². The van der Waals surface area contributed by atoms with Crippen molar-refractivity contribution in [1.82, 2.24) is 4.98 Å². The molecule has 1 aromatic rings. The minimum atomic E-state index is -0.864. The third kappa shape index (κ3) is 2.84. The Kier molecular flexibility index (Phi) is 3.91. The molecular formula is C11H13NO4S2. The number of carboxylic acid groups (broad SMARTS) is 2. The molecule has 0 fully saturated rings. The molecule has 5 nitrogen and oxygen atoms in total. The van der Waals surface area contributed by atoms with Gasteiger partial charge in [0, 0.05) is 4.88 Å². The van der Waals surface area contributed by atoms with Crippen LogP contribution in [0.4, 0.5) is 0 Å². The summed E-state index contributed by atoms with van der Waals surface area (Å²) in [6.45, 7) is 1.62. The Labute approximate surface area is 112 Å². The van der Waals surface area contributed by atoms with Gasteiger partial charge >= 0.3 is 11.9 Å². The summed E-state index contributed by atoms with van der Waals surface area (Å²) in [4.78, 5) is 27.1. The van der Waals surface area contributed by atoms with Crippen molar-refractivity contribution in [2.75, 3.05) is 0 Å². The summed E-state index contributed by atoms with van der Waals surface area (Å²) in [6.07, 6.45) is 1.81. The molecular weight excluding hydrogens is 274 g/mol. The second-order valence-corrected chi connectivity index (χ2v) is 6.90. The molecule has 0 unspecified atom stereocenters. The van der Waals surface area contributed by atoms with Gasteiger partial charge in [0.2, 0.25) is 0 Å². The molecule has 0 saturated carbocycles. The number of thioether (sulfide) groups is 1. The van der Waals surface area contributed by atoms with Crippen molar-refractivity contribution in [1.29, 1.82) is 0 Å². The van der Waals surface area contributed by atoms with E-state index >= 15 is 0 Å². The minimum Gasteiger partial charge on any atom is -0.481 e. The Morgan fingerprint density at radius 1 is 1.50 bits per heavy atom. The molecule has 1 heterocycles. The number of hydrogen-bond acceptors (Lipinski definition) is 5. The molecule has 0 aliphatic heterocycles. The van der Waals surface area contributed by atoms with Gasteiger partial charge in [0.1, 0.15) is 5.25 Å². The molecule has 98 valence electrons. The van der Waals surface area contributed by atoms with Crippen LogP contribution in [0.2, 0.25) is 0 Å². The summed E-state index contributed by atoms with van der Waals surface area (Å²) in [5.41, 5.74) is 0.942. The lowest BCUT2D eigenvalue weighted by molar-refractivity contribution is -0.142. The first-order chi connectivity index (χ1) is 8.47. The summed E-state index contributed by atoms with van der Waals surface area (Å²) in [5, 5.41) is 17.3. The van der Waals surface area contributed by atoms with Crippen LogP contribution in [0.15, 0.2) is 4.34 Å². The second-order valence-electron chi connectivity index (χ2n) is 4.23. The van der Waals surface area contributed by atoms with Crippen LogP contribution in [0.5, 0.6) is 0 Å². The number of hydrogen-bond donors (Lipinski definition) is 2. The third-order valence-corrected chi connectivity index (χ3v) is 5.20. The van der Waals surface area contributed by atoms with E-state index in [0.29, 0.717) is 19.3 Å². The van der Waals surface area contributed by atoms with Crippen molar-refractivity contribution >= 4 is 35.0 Å². The van der Waals surface area contributed by atoms with E-state index in [9.17, 15) is 9.59 Å². The summed E-state index contributed by atoms with van der Waals surface area (Å²) < 4.78 is 0.723. The molecule has 2 N–H and O–H groups in total. The molecule has 0 amide bonds. The van der Waals surface area contributed by atoms with Crippen molar-refractivity contribution in [3.8, 4) is 0 Å². The van der Waals surface area contributed by atoms with Gasteiger partial charge in [-0.2, -0.15) is 0 Å². The molecule has 18 heavy (non-hydrogen) atoms. The fraction of sp³-hybridized carbons (Fsp3) is 0.545. The number of aryl methyl sites for hydroxylation is 1. The van der Waals surface area contributed by atoms with Crippen LogP contribution >= 0.6 is 23.1 Å². The largest absolute Gasteiger partial charge is 0.481 e. The first-order valence-corrected chi connectivity index (χ1v) is 7.28. The van der Waals surface area contributed by atoms with Crippen molar-refractivity contribution in [3.63, 3.8) is 0 Å². The topological polar surface area (TPSA) is 87.5 Å². The zero-order chi connectivity index (χ0) is 13.3. The van der Waals surface area contributed by atoms with E-state index in [0.717, 1.165) is 14.9 Å². The highest BCUT2D eigenvalue weighted by Gasteiger charge is 2.27. The number of carboxylic acids is 2. The van der Waals surface area contributed by atoms with Crippen LogP contribution in [-0.2, 0) is 22.4 Å². The Hall–Kier alpha value is -1.08. The van der Waals surface area contributed by atoms with Crippen LogP contribution in [0.1, 0.15) is 23.9 Å². The van der Waals surface area contributed by atoms with Crippen LogP contribution < -0.4 is 0 Å². The van der Waals surface area contributed by atoms with Crippen molar-refractivity contribution in [2.24, 2.45) is 5.92 Å². The number of rotatable bonds is 4. The Bertz CT molecular complexity index is 485. The highest BCUT2D eigenvalue weighted by Crippen LogP contribution is 2.35. The summed E-state index contributed by atoms with van der Waals surface area (Å²) >= 11 is 2.64. The maximum atomic E-state index is 10.9. The fourth-order valence-corrected chi connectivity index (χ4v) is 4.22. The van der Waals surface area contributed by atoms with E-state index < -0.39 is 17.2 Å². The Balaban J connectivity index is 2.10. The Morgan fingerprint density at radius 2 is 2.22 bits per heavy atom. The van der Waals surface area contributed by atoms with Gasteiger partial charge in [0.05, 0.1) is 11.6 Å². The van der Waals surface area contributed by atoms with Gasteiger partial charge < -0.3 is 10.2 Å². The molecule has 2 rings (SSSR count). The van der Waals surface area contributed by atoms with Crippen LogP contribution in [0.25, 0.3) is 0 Å². The van der Waals surface area contributed by atoms with E-state index in [-0.39, 0.29) is 5.92 Å². The fourth-order valence-electron chi connectivity index (χ4n) is 1.81. The number of aliphatic carboxylic acids is 2. The Morgan fingerprint density at radius 3 is 2.83 bits per heavy atom. The van der Waals surface area contributed by atoms with Gasteiger partial charge in [-0.25, -0.2) is 4.98 Å². The van der Waals surface area contributed by atoms with Gasteiger partial charge in [-0.1, -0.05) is 11.8 Å². The molecule has 0 radical (unpaired) electrons. The minimum absolute atomic E-state index is 0.326. The third-order valence-electron chi connectivity index (χ3n) is 2.89. The average Bonchev–Trinajstić information content (AvgIpc) is 2.69. The van der Waals surface area contributed by atoms with E-state index in [1.165, 1.54) is 23.1 Å². The SMILES string of the molecule is C[C@@H](Sc1nc2c(s1)C[C@@H](C(=O)O)CC2)C(=O)O. The molecule has 0 bridgehead atoms. The zero-order valence-electron chi connectivity index (χ0n) is 9.75. The number of thiazole rings is 1. The number of carbonyl (C=O) groups is 2. The number of aromatic nitrogens is 1. The normalized spacial score (nSPS) is 20.2. The van der Waals surface area contributed by atoms with E-state index in [1.54, 1.807) is 6.92 Å². The zero-order valence-corrected chi connectivity index (χ0v) is 11.4. The maximum Gasteiger partial charge on any atom is 0.316 e. The molecule has 0 saturated heterocycles. The van der Waals surface area contributed by atoms with Crippen molar-refractivity contribution < 1.29 is 19.8 Å². The quantitative estimate of drug-likeness (QED) is 0.822. The smallest absolute Gasteiger partial charge is 0.316 e. The lowest BCUT2D eigenvalue weighted by Gasteiger charge is -2.16. The first kappa shape index (κ1) is 13.4. The summed E-state index contributed by atoms with van der Waals surface area (Å²) in [5.74, 6) is -1.95. The molecule has 0 aromatic carbocycles. The lowest BCUT2D eigenvalue weighted by atomic mass is 9.91. The maximum absolute atomic E-state index is 10.9. The predicted molar refractivity (Wildman–Crippen MR) is 68.2 cm³/mol. The van der Waals surface area contributed by atoms with Crippen LogP contribution in [0, 0.1) is 5.92 Å². The van der Waals surface area contributed by atoms with Crippen molar-refractivity contribution in [2.45, 2.75) is 35.8 Å². The van der Waals surface area contributed by atoms with E-state index in [1.807, 2.05) is 0 Å². The summed E-state index contributed by atoms with van der Waals surface area (Å²) in [6, 6.07) is 0. The molecule has 2 atom stereocenters. The van der Waals surface area contributed by atoms with Gasteiger partial charge in [-0.15, -0.1) is 11.3 Å². The van der Waals surface area contributed by atoms with E-state index in [4.69, 9.17) is 10.2 Å². The number of fused-ring (bicyclic) bond motifs is 1. The van der Waals surface area contributed by atoms with Gasteiger partial charge in [0.15, 0.2) is 4.34 Å². The van der Waals surface area contributed by atoms with Crippen LogP contribution in [-0.4, -0.2) is 32.4 Å². The van der Waals surface area contributed by atoms with Gasteiger partial charge in [-0.3, -0.25) is 9.59 Å². The standard InChI is InChI=1S/C11H13NO4S2/c1-5(9(13)14)17-11-12-7-3-2-6(10(15)16)4-8(7)18-11/h5-6H,2-4H2,1H3,(H,13,14)(H,15,16)/t5-,6+/m1/s1. The van der Waals surface area contributed by atoms with Crippen LogP contribution in [0.3, 0.4) is 0 Å². The monoisotopic (exact) mass is 287 g/mol. The highest BCUT2D eigenvalue weighted by molar-refractivity contribution is 8.02. The average molecular weight is 287 g/mol. The number of nitrogens with zero attached hydrogens (tertiary/aromatic N) is 1. The van der Waals surface area contributed by atoms with Crippen molar-refractivity contribution in [3.05, 3.63) is 10.6 Å². The highest BCUT2D eigenvalue weighted by atomic mass is 32.2. The molecule has 1 aromatic heterocycles. The molecule has 0 spiro atoms. The second kappa shape index (κ2) is 5.27. The molecule has 1 aliphatic carbocycles. The lowest BCUT2D eigenvalue weighted by Crippen LogP contribution is -2.21. The predicted octanol–water partition coefficient (Wildman–Crippen LogP) is 1.90. The van der Waals surface area contributed by atoms with E-state index in [2.05, 4.69) is 4.98 Å². The van der Waals surface area contributed by atoms with Gasteiger partial charge in [0.25, 0.3) is 0 Å². The summed E-state index contributed by atoms with van der Waals surface area (Å²) in [7, 11) is 0. The molecule has 1 aliphatic rings. The first-order valence-electron chi connectivity index (χ1n) is 5.58.